The minimum Gasteiger partial charge on any atom is -0.497 e. The predicted molar refractivity (Wildman–Crippen MR) is 134 cm³/mol. The summed E-state index contributed by atoms with van der Waals surface area (Å²) >= 11 is 0. The third kappa shape index (κ3) is 7.34. The van der Waals surface area contributed by atoms with E-state index in [9.17, 15) is 14.4 Å². The molecule has 2 aliphatic rings. The van der Waals surface area contributed by atoms with Crippen LogP contribution in [0, 0.1) is 5.92 Å². The van der Waals surface area contributed by atoms with Crippen molar-refractivity contribution in [3.63, 3.8) is 0 Å². The predicted octanol–water partition coefficient (Wildman–Crippen LogP) is 2.01. The first-order valence-electron chi connectivity index (χ1n) is 12.6. The smallest absolute Gasteiger partial charge is 0.252 e. The van der Waals surface area contributed by atoms with E-state index in [1.807, 2.05) is 18.7 Å². The molecule has 0 radical (unpaired) electrons. The van der Waals surface area contributed by atoms with Crippen LogP contribution in [0.2, 0.25) is 0 Å². The number of nitrogens with one attached hydrogen (secondary N) is 1. The third-order valence-electron chi connectivity index (χ3n) is 6.83. The van der Waals surface area contributed by atoms with Gasteiger partial charge in [-0.3, -0.25) is 19.3 Å². The first-order chi connectivity index (χ1) is 16.8. The van der Waals surface area contributed by atoms with Gasteiger partial charge in [0.25, 0.3) is 5.91 Å². The lowest BCUT2D eigenvalue weighted by molar-refractivity contribution is -0.137. The maximum atomic E-state index is 13.3. The molecule has 35 heavy (non-hydrogen) atoms. The van der Waals surface area contributed by atoms with E-state index in [0.29, 0.717) is 49.8 Å². The highest BCUT2D eigenvalue weighted by molar-refractivity contribution is 5.98. The first-order valence-corrected chi connectivity index (χ1v) is 12.6. The molecule has 194 valence electrons. The average molecular weight is 489 g/mol. The molecule has 1 aromatic rings. The molecule has 2 aliphatic heterocycles. The van der Waals surface area contributed by atoms with Crippen molar-refractivity contribution in [2.45, 2.75) is 45.6 Å². The molecule has 1 atom stereocenters. The second-order valence-electron chi connectivity index (χ2n) is 9.69. The standard InChI is InChI=1S/C26H40N4O5/c1-19(2)24(27-25(32)20-15-21(34-3)17-22(16-20)35-4)26(33)30-13-11-28(12-14-30)18-23(31)29-9-7-5-6-8-10-29/h15-17,19,24H,5-14,18H2,1-4H3,(H,27,32)/t24-/m0/s1. The first kappa shape index (κ1) is 26.8. The molecule has 3 amide bonds. The fourth-order valence-electron chi connectivity index (χ4n) is 4.61. The monoisotopic (exact) mass is 488 g/mol. The third-order valence-corrected chi connectivity index (χ3v) is 6.83. The van der Waals surface area contributed by atoms with Crippen LogP contribution in [0.4, 0.5) is 0 Å². The van der Waals surface area contributed by atoms with Crippen molar-refractivity contribution in [1.29, 1.82) is 0 Å². The number of methoxy groups -OCH3 is 2. The number of hydrogen-bond acceptors (Lipinski definition) is 6. The van der Waals surface area contributed by atoms with Crippen LogP contribution in [0.25, 0.3) is 0 Å². The molecule has 0 aromatic heterocycles. The molecule has 0 bridgehead atoms. The number of nitrogens with zero attached hydrogens (tertiary/aromatic N) is 3. The van der Waals surface area contributed by atoms with Crippen LogP contribution in [0.1, 0.15) is 49.9 Å². The van der Waals surface area contributed by atoms with E-state index in [0.717, 1.165) is 25.9 Å². The van der Waals surface area contributed by atoms with E-state index in [4.69, 9.17) is 9.47 Å². The molecule has 0 spiro atoms. The van der Waals surface area contributed by atoms with E-state index >= 15 is 0 Å². The van der Waals surface area contributed by atoms with Crippen LogP contribution >= 0.6 is 0 Å². The summed E-state index contributed by atoms with van der Waals surface area (Å²) in [5, 5.41) is 2.91. The number of hydrogen-bond donors (Lipinski definition) is 1. The van der Waals surface area contributed by atoms with Gasteiger partial charge in [0.15, 0.2) is 0 Å². The second kappa shape index (κ2) is 12.8. The van der Waals surface area contributed by atoms with Gasteiger partial charge in [-0.15, -0.1) is 0 Å². The summed E-state index contributed by atoms with van der Waals surface area (Å²) in [5.41, 5.74) is 0.372. The van der Waals surface area contributed by atoms with Crippen LogP contribution in [-0.2, 0) is 9.59 Å². The summed E-state index contributed by atoms with van der Waals surface area (Å²) in [6, 6.07) is 4.29. The van der Waals surface area contributed by atoms with Crippen molar-refractivity contribution in [2.24, 2.45) is 5.92 Å². The molecular weight excluding hydrogens is 448 g/mol. The van der Waals surface area contributed by atoms with Gasteiger partial charge in [-0.05, 0) is 30.9 Å². The van der Waals surface area contributed by atoms with Crippen LogP contribution < -0.4 is 14.8 Å². The van der Waals surface area contributed by atoms with Crippen molar-refractivity contribution >= 4 is 17.7 Å². The van der Waals surface area contributed by atoms with E-state index in [1.54, 1.807) is 23.1 Å². The Labute approximate surface area is 208 Å². The number of carbonyl (C=O) groups excluding carboxylic acids is 3. The lowest BCUT2D eigenvalue weighted by Crippen LogP contribution is -2.57. The summed E-state index contributed by atoms with van der Waals surface area (Å²) in [5.74, 6) is 0.674. The Bertz CT molecular complexity index is 852. The zero-order valence-corrected chi connectivity index (χ0v) is 21.5. The van der Waals surface area contributed by atoms with Gasteiger partial charge in [-0.1, -0.05) is 26.7 Å². The number of rotatable bonds is 8. The molecule has 0 saturated carbocycles. The van der Waals surface area contributed by atoms with Crippen molar-refractivity contribution in [1.82, 2.24) is 20.0 Å². The number of ether oxygens (including phenoxy) is 2. The zero-order chi connectivity index (χ0) is 25.4. The lowest BCUT2D eigenvalue weighted by atomic mass is 10.0. The molecule has 1 aromatic carbocycles. The molecule has 3 rings (SSSR count). The molecule has 2 heterocycles. The maximum absolute atomic E-state index is 13.3. The van der Waals surface area contributed by atoms with E-state index in [2.05, 4.69) is 10.2 Å². The van der Waals surface area contributed by atoms with Crippen molar-refractivity contribution in [3.05, 3.63) is 23.8 Å². The normalized spacial score (nSPS) is 18.1. The Kier molecular flexibility index (Phi) is 9.77. The van der Waals surface area contributed by atoms with Crippen LogP contribution in [0.15, 0.2) is 18.2 Å². The minimum atomic E-state index is -0.648. The molecule has 2 saturated heterocycles. The molecule has 9 heteroatoms. The summed E-state index contributed by atoms with van der Waals surface area (Å²) < 4.78 is 10.5. The summed E-state index contributed by atoms with van der Waals surface area (Å²) in [7, 11) is 3.05. The quantitative estimate of drug-likeness (QED) is 0.602. The van der Waals surface area contributed by atoms with Gasteiger partial charge in [0, 0.05) is 50.9 Å². The molecule has 2 fully saturated rings. The van der Waals surface area contributed by atoms with Gasteiger partial charge < -0.3 is 24.6 Å². The Balaban J connectivity index is 1.56. The Hall–Kier alpha value is -2.81. The molecule has 1 N–H and O–H groups in total. The number of carbonyl (C=O) groups is 3. The lowest BCUT2D eigenvalue weighted by Gasteiger charge is -2.37. The fourth-order valence-corrected chi connectivity index (χ4v) is 4.61. The Morgan fingerprint density at radius 3 is 1.91 bits per heavy atom. The summed E-state index contributed by atoms with van der Waals surface area (Å²) in [4.78, 5) is 45.0. The summed E-state index contributed by atoms with van der Waals surface area (Å²) in [6.07, 6.45) is 4.56. The van der Waals surface area contributed by atoms with Crippen molar-refractivity contribution in [2.75, 3.05) is 60.0 Å². The Morgan fingerprint density at radius 1 is 0.829 bits per heavy atom. The van der Waals surface area contributed by atoms with Crippen molar-refractivity contribution < 1.29 is 23.9 Å². The largest absolute Gasteiger partial charge is 0.497 e. The van der Waals surface area contributed by atoms with Crippen LogP contribution in [0.5, 0.6) is 11.5 Å². The Morgan fingerprint density at radius 2 is 1.40 bits per heavy atom. The molecular formula is C26H40N4O5. The number of likely N-dealkylation sites (tertiary alicyclic amines) is 1. The van der Waals surface area contributed by atoms with E-state index in [-0.39, 0.29) is 23.6 Å². The topological polar surface area (TPSA) is 91.4 Å². The van der Waals surface area contributed by atoms with Crippen LogP contribution in [-0.4, -0.2) is 98.5 Å². The van der Waals surface area contributed by atoms with Crippen LogP contribution in [0.3, 0.4) is 0 Å². The number of amides is 3. The maximum Gasteiger partial charge on any atom is 0.252 e. The highest BCUT2D eigenvalue weighted by atomic mass is 16.5. The highest BCUT2D eigenvalue weighted by Crippen LogP contribution is 2.23. The van der Waals surface area contributed by atoms with Crippen molar-refractivity contribution in [3.8, 4) is 11.5 Å². The van der Waals surface area contributed by atoms with Gasteiger partial charge in [0.1, 0.15) is 17.5 Å². The van der Waals surface area contributed by atoms with Gasteiger partial charge >= 0.3 is 0 Å². The van der Waals surface area contributed by atoms with Gasteiger partial charge in [-0.2, -0.15) is 0 Å². The average Bonchev–Trinajstić information content (AvgIpc) is 3.16. The second-order valence-corrected chi connectivity index (χ2v) is 9.69. The van der Waals surface area contributed by atoms with Gasteiger partial charge in [0.05, 0.1) is 20.8 Å². The fraction of sp³-hybridized carbons (Fsp3) is 0.654. The van der Waals surface area contributed by atoms with Gasteiger partial charge in [0.2, 0.25) is 11.8 Å². The summed E-state index contributed by atoms with van der Waals surface area (Å²) in [6.45, 7) is 8.34. The molecule has 0 unspecified atom stereocenters. The zero-order valence-electron chi connectivity index (χ0n) is 21.5. The molecule has 9 nitrogen and oxygen atoms in total. The SMILES string of the molecule is COc1cc(OC)cc(C(=O)N[C@H](C(=O)N2CCN(CC(=O)N3CCCCCC3)CC2)C(C)C)c1. The number of piperazine rings is 1. The minimum absolute atomic E-state index is 0.0819. The number of benzene rings is 1. The van der Waals surface area contributed by atoms with Gasteiger partial charge in [-0.25, -0.2) is 0 Å². The van der Waals surface area contributed by atoms with E-state index < -0.39 is 6.04 Å². The van der Waals surface area contributed by atoms with E-state index in [1.165, 1.54) is 27.1 Å². The highest BCUT2D eigenvalue weighted by Gasteiger charge is 2.32. The molecule has 0 aliphatic carbocycles.